The van der Waals surface area contributed by atoms with E-state index in [1.165, 1.54) is 24.4 Å². The van der Waals surface area contributed by atoms with Crippen molar-refractivity contribution in [3.8, 4) is 11.5 Å². The van der Waals surface area contributed by atoms with E-state index < -0.39 is 17.8 Å². The Morgan fingerprint density at radius 1 is 0.592 bits per heavy atom. The maximum atomic E-state index is 12.7. The SMILES string of the molecule is O=C(Cc1ccccc1)Nc1ccc(C(=O)N/N=C/c2ccccc2OC(=O)/C=C/c2ccccc2OC(=O)/C=C/c2ccccc2)cc1. The Bertz CT molecular complexity index is 2000. The normalized spacial score (nSPS) is 11.0. The van der Waals surface area contributed by atoms with Crippen molar-refractivity contribution >= 4 is 47.8 Å². The Morgan fingerprint density at radius 3 is 1.82 bits per heavy atom. The number of hydrogen-bond acceptors (Lipinski definition) is 7. The van der Waals surface area contributed by atoms with Crippen LogP contribution in [0.25, 0.3) is 12.2 Å². The van der Waals surface area contributed by atoms with E-state index in [0.717, 1.165) is 11.1 Å². The van der Waals surface area contributed by atoms with Gasteiger partial charge < -0.3 is 14.8 Å². The molecule has 5 rings (SSSR count). The largest absolute Gasteiger partial charge is 0.423 e. The van der Waals surface area contributed by atoms with Gasteiger partial charge in [-0.1, -0.05) is 91.0 Å². The topological polar surface area (TPSA) is 123 Å². The molecule has 0 aliphatic rings. The van der Waals surface area contributed by atoms with E-state index in [9.17, 15) is 19.2 Å². The molecule has 0 unspecified atom stereocenters. The number of ether oxygens (including phenoxy) is 2. The van der Waals surface area contributed by atoms with Gasteiger partial charge in [0.15, 0.2) is 0 Å². The number of nitrogens with one attached hydrogen (secondary N) is 2. The molecule has 2 N–H and O–H groups in total. The molecule has 242 valence electrons. The van der Waals surface area contributed by atoms with Gasteiger partial charge in [0.1, 0.15) is 11.5 Å². The highest BCUT2D eigenvalue weighted by Crippen LogP contribution is 2.21. The molecule has 5 aromatic carbocycles. The number of hydrazone groups is 1. The van der Waals surface area contributed by atoms with Crippen LogP contribution in [0.1, 0.15) is 32.6 Å². The van der Waals surface area contributed by atoms with Gasteiger partial charge >= 0.3 is 11.9 Å². The van der Waals surface area contributed by atoms with E-state index >= 15 is 0 Å². The second-order valence-corrected chi connectivity index (χ2v) is 10.5. The molecule has 2 amide bonds. The van der Waals surface area contributed by atoms with E-state index in [0.29, 0.717) is 22.4 Å². The Morgan fingerprint density at radius 2 is 1.14 bits per heavy atom. The first-order chi connectivity index (χ1) is 23.9. The summed E-state index contributed by atoms with van der Waals surface area (Å²) < 4.78 is 11.0. The van der Waals surface area contributed by atoms with Gasteiger partial charge in [-0.15, -0.1) is 0 Å². The molecule has 0 saturated carbocycles. The molecule has 49 heavy (non-hydrogen) atoms. The fourth-order valence-corrected chi connectivity index (χ4v) is 4.48. The van der Waals surface area contributed by atoms with Gasteiger partial charge in [0.2, 0.25) is 5.91 Å². The zero-order chi connectivity index (χ0) is 34.3. The average molecular weight is 650 g/mol. The van der Waals surface area contributed by atoms with E-state index in [4.69, 9.17) is 9.47 Å². The summed E-state index contributed by atoms with van der Waals surface area (Å²) in [6, 6.07) is 38.7. The van der Waals surface area contributed by atoms with E-state index in [2.05, 4.69) is 15.8 Å². The van der Waals surface area contributed by atoms with E-state index in [1.807, 2.05) is 60.7 Å². The third-order valence-electron chi connectivity index (χ3n) is 6.88. The van der Waals surface area contributed by atoms with Crippen molar-refractivity contribution in [2.24, 2.45) is 5.10 Å². The second-order valence-electron chi connectivity index (χ2n) is 10.5. The lowest BCUT2D eigenvalue weighted by Crippen LogP contribution is -2.18. The summed E-state index contributed by atoms with van der Waals surface area (Å²) in [4.78, 5) is 50.1. The van der Waals surface area contributed by atoms with Crippen molar-refractivity contribution in [1.82, 2.24) is 5.43 Å². The van der Waals surface area contributed by atoms with Gasteiger partial charge in [0, 0.05) is 34.5 Å². The van der Waals surface area contributed by atoms with Crippen molar-refractivity contribution in [2.75, 3.05) is 5.32 Å². The second kappa shape index (κ2) is 17.2. The number of amides is 2. The van der Waals surface area contributed by atoms with Crippen LogP contribution in [0.15, 0.2) is 151 Å². The molecule has 9 heteroatoms. The Labute approximate surface area is 283 Å². The zero-order valence-electron chi connectivity index (χ0n) is 26.2. The van der Waals surface area contributed by atoms with Crippen molar-refractivity contribution in [1.29, 1.82) is 0 Å². The first-order valence-corrected chi connectivity index (χ1v) is 15.2. The van der Waals surface area contributed by atoms with Gasteiger partial charge in [-0.2, -0.15) is 5.10 Å². The minimum absolute atomic E-state index is 0.166. The molecule has 5 aromatic rings. The molecular formula is C40H31N3O6. The number of esters is 2. The lowest BCUT2D eigenvalue weighted by atomic mass is 10.1. The average Bonchev–Trinajstić information content (AvgIpc) is 3.12. The van der Waals surface area contributed by atoms with Crippen LogP contribution in [0.2, 0.25) is 0 Å². The maximum Gasteiger partial charge on any atom is 0.336 e. The van der Waals surface area contributed by atoms with Gasteiger partial charge in [-0.05, 0) is 65.7 Å². The van der Waals surface area contributed by atoms with E-state index in [1.54, 1.807) is 78.9 Å². The lowest BCUT2D eigenvalue weighted by Gasteiger charge is -2.07. The van der Waals surface area contributed by atoms with Gasteiger partial charge in [0.05, 0.1) is 12.6 Å². The summed E-state index contributed by atoms with van der Waals surface area (Å²) in [5.41, 5.74) is 6.05. The Balaban J connectivity index is 1.14. The van der Waals surface area contributed by atoms with Crippen LogP contribution in [0, 0.1) is 0 Å². The number of hydrogen-bond donors (Lipinski definition) is 2. The predicted octanol–water partition coefficient (Wildman–Crippen LogP) is 6.87. The van der Waals surface area contributed by atoms with Crippen LogP contribution in [0.3, 0.4) is 0 Å². The number of nitrogens with zero attached hydrogens (tertiary/aromatic N) is 1. The van der Waals surface area contributed by atoms with Gasteiger partial charge in [-0.3, -0.25) is 9.59 Å². The van der Waals surface area contributed by atoms with Crippen molar-refractivity contribution < 1.29 is 28.7 Å². The lowest BCUT2D eigenvalue weighted by molar-refractivity contribution is -0.129. The Kier molecular flexibility index (Phi) is 11.7. The minimum Gasteiger partial charge on any atom is -0.423 e. The molecule has 9 nitrogen and oxygen atoms in total. The smallest absolute Gasteiger partial charge is 0.336 e. The minimum atomic E-state index is -0.675. The highest BCUT2D eigenvalue weighted by Gasteiger charge is 2.10. The molecule has 0 radical (unpaired) electrons. The van der Waals surface area contributed by atoms with Gasteiger partial charge in [0.25, 0.3) is 5.91 Å². The molecular weight excluding hydrogens is 618 g/mol. The summed E-state index contributed by atoms with van der Waals surface area (Å²) in [6.45, 7) is 0. The summed E-state index contributed by atoms with van der Waals surface area (Å²) in [7, 11) is 0. The third kappa shape index (κ3) is 10.6. The summed E-state index contributed by atoms with van der Waals surface area (Å²) in [5.74, 6) is -1.37. The van der Waals surface area contributed by atoms with Crippen LogP contribution >= 0.6 is 0 Å². The molecule has 0 heterocycles. The molecule has 0 aliphatic heterocycles. The fraction of sp³-hybridized carbons (Fsp3) is 0.0250. The van der Waals surface area contributed by atoms with Crippen molar-refractivity contribution in [3.63, 3.8) is 0 Å². The van der Waals surface area contributed by atoms with Crippen LogP contribution in [-0.2, 0) is 20.8 Å². The van der Waals surface area contributed by atoms with E-state index in [-0.39, 0.29) is 23.8 Å². The summed E-state index contributed by atoms with van der Waals surface area (Å²) >= 11 is 0. The van der Waals surface area contributed by atoms with Crippen LogP contribution in [0.5, 0.6) is 11.5 Å². The highest BCUT2D eigenvalue weighted by molar-refractivity contribution is 5.97. The number of carbonyl (C=O) groups excluding carboxylic acids is 4. The Hall–Kier alpha value is -6.87. The van der Waals surface area contributed by atoms with Crippen LogP contribution in [-0.4, -0.2) is 30.0 Å². The summed E-state index contributed by atoms with van der Waals surface area (Å²) in [6.07, 6.45) is 7.29. The molecule has 0 saturated heterocycles. The molecule has 0 aliphatic carbocycles. The number of rotatable bonds is 12. The van der Waals surface area contributed by atoms with Crippen LogP contribution < -0.4 is 20.2 Å². The molecule has 0 atom stereocenters. The first-order valence-electron chi connectivity index (χ1n) is 15.2. The quantitative estimate of drug-likeness (QED) is 0.0500. The third-order valence-corrected chi connectivity index (χ3v) is 6.88. The molecule has 0 bridgehead atoms. The predicted molar refractivity (Wildman–Crippen MR) is 189 cm³/mol. The standard InChI is InChI=1S/C40H31N3O6/c44-37(27-30-13-5-2-6-14-30)42-34-23-20-32(21-24-34)40(47)43-41-28-33-16-8-10-18-36(33)49-39(46)26-22-31-15-7-9-17-35(31)48-38(45)25-19-29-11-3-1-4-12-29/h1-26,28H,27H2,(H,42,44)(H,43,47)/b25-19+,26-22+,41-28+. The summed E-state index contributed by atoms with van der Waals surface area (Å²) in [5, 5.41) is 6.83. The van der Waals surface area contributed by atoms with Crippen molar-refractivity contribution in [3.05, 3.63) is 173 Å². The molecule has 0 aromatic heterocycles. The number of benzene rings is 5. The number of carbonyl (C=O) groups is 4. The fourth-order valence-electron chi connectivity index (χ4n) is 4.48. The highest BCUT2D eigenvalue weighted by atomic mass is 16.5. The van der Waals surface area contributed by atoms with Gasteiger partial charge in [-0.25, -0.2) is 15.0 Å². The zero-order valence-corrected chi connectivity index (χ0v) is 26.2. The molecule has 0 fully saturated rings. The van der Waals surface area contributed by atoms with Crippen LogP contribution in [0.4, 0.5) is 5.69 Å². The first kappa shape index (κ1) is 33.5. The van der Waals surface area contributed by atoms with Crippen molar-refractivity contribution in [2.45, 2.75) is 6.42 Å². The monoisotopic (exact) mass is 649 g/mol. The number of para-hydroxylation sites is 2. The molecule has 0 spiro atoms. The maximum absolute atomic E-state index is 12.7. The number of anilines is 1.